The molecular weight excluding hydrogens is 224 g/mol. The Morgan fingerprint density at radius 3 is 2.72 bits per heavy atom. The number of ketones is 1. The molecule has 0 spiro atoms. The summed E-state index contributed by atoms with van der Waals surface area (Å²) in [5.41, 5.74) is 2.33. The van der Waals surface area contributed by atoms with Crippen molar-refractivity contribution in [1.82, 2.24) is 0 Å². The molecule has 1 aromatic rings. The van der Waals surface area contributed by atoms with Crippen molar-refractivity contribution in [2.24, 2.45) is 5.92 Å². The molecule has 18 heavy (non-hydrogen) atoms. The van der Waals surface area contributed by atoms with Crippen molar-refractivity contribution in [3.8, 4) is 5.75 Å². The van der Waals surface area contributed by atoms with Gasteiger partial charge in [0.1, 0.15) is 11.5 Å². The number of Topliss-reactive ketones (excluding diaryl/α,β-unsaturated/α-hetero) is 1. The maximum absolute atomic E-state index is 11.9. The Kier molecular flexibility index (Phi) is 4.40. The maximum Gasteiger partial charge on any atom is 0.139 e. The van der Waals surface area contributed by atoms with Gasteiger partial charge in [0.15, 0.2) is 0 Å². The second-order valence-electron chi connectivity index (χ2n) is 5.32. The molecule has 1 aliphatic carbocycles. The molecule has 1 aromatic carbocycles. The van der Waals surface area contributed by atoms with Gasteiger partial charge in [0.05, 0.1) is 6.61 Å². The van der Waals surface area contributed by atoms with Crippen LogP contribution < -0.4 is 4.74 Å². The summed E-state index contributed by atoms with van der Waals surface area (Å²) < 4.78 is 5.73. The van der Waals surface area contributed by atoms with Crippen molar-refractivity contribution in [3.63, 3.8) is 0 Å². The third-order valence-corrected chi connectivity index (χ3v) is 3.76. The minimum Gasteiger partial charge on any atom is -0.493 e. The first-order valence-corrected chi connectivity index (χ1v) is 6.89. The zero-order valence-electron chi connectivity index (χ0n) is 11.4. The Morgan fingerprint density at radius 2 is 2.00 bits per heavy atom. The van der Waals surface area contributed by atoms with Gasteiger partial charge >= 0.3 is 0 Å². The van der Waals surface area contributed by atoms with E-state index in [1.165, 1.54) is 18.4 Å². The fraction of sp³-hybridized carbons (Fsp3) is 0.562. The van der Waals surface area contributed by atoms with Crippen LogP contribution in [0, 0.1) is 19.8 Å². The maximum atomic E-state index is 11.9. The van der Waals surface area contributed by atoms with Crippen LogP contribution in [0.4, 0.5) is 0 Å². The first-order valence-electron chi connectivity index (χ1n) is 6.89. The highest BCUT2D eigenvalue weighted by Crippen LogP contribution is 2.26. The van der Waals surface area contributed by atoms with Gasteiger partial charge in [-0.15, -0.1) is 0 Å². The van der Waals surface area contributed by atoms with Gasteiger partial charge in [-0.3, -0.25) is 4.79 Å². The lowest BCUT2D eigenvalue weighted by Gasteiger charge is -2.11. The highest BCUT2D eigenvalue weighted by atomic mass is 16.5. The summed E-state index contributed by atoms with van der Waals surface area (Å²) in [4.78, 5) is 11.9. The zero-order chi connectivity index (χ0) is 13.0. The topological polar surface area (TPSA) is 26.3 Å². The molecule has 2 heteroatoms. The van der Waals surface area contributed by atoms with E-state index in [-0.39, 0.29) is 0 Å². The van der Waals surface area contributed by atoms with E-state index in [1.54, 1.807) is 0 Å². The van der Waals surface area contributed by atoms with E-state index in [0.29, 0.717) is 24.7 Å². The number of hydrogen-bond donors (Lipinski definition) is 0. The van der Waals surface area contributed by atoms with Crippen molar-refractivity contribution in [2.45, 2.75) is 46.0 Å². The molecule has 0 aliphatic heterocycles. The average molecular weight is 246 g/mol. The quantitative estimate of drug-likeness (QED) is 0.789. The molecular formula is C16H22O2. The molecule has 0 heterocycles. The van der Waals surface area contributed by atoms with E-state index < -0.39 is 0 Å². The van der Waals surface area contributed by atoms with Crippen LogP contribution in [0.15, 0.2) is 18.2 Å². The van der Waals surface area contributed by atoms with Gasteiger partial charge in [0, 0.05) is 12.3 Å². The summed E-state index contributed by atoms with van der Waals surface area (Å²) in [6, 6.07) is 6.17. The van der Waals surface area contributed by atoms with Crippen LogP contribution in [0.2, 0.25) is 0 Å². The van der Waals surface area contributed by atoms with Crippen molar-refractivity contribution in [3.05, 3.63) is 29.3 Å². The minimum absolute atomic E-state index is 0.312. The van der Waals surface area contributed by atoms with Crippen LogP contribution >= 0.6 is 0 Å². The lowest BCUT2D eigenvalue weighted by atomic mass is 10.0. The molecule has 98 valence electrons. The molecule has 0 amide bonds. The largest absolute Gasteiger partial charge is 0.493 e. The second kappa shape index (κ2) is 6.03. The Labute approximate surface area is 109 Å². The zero-order valence-corrected chi connectivity index (χ0v) is 11.4. The molecule has 0 radical (unpaired) electrons. The monoisotopic (exact) mass is 246 g/mol. The number of aryl methyl sites for hydroxylation is 2. The summed E-state index contributed by atoms with van der Waals surface area (Å²) in [6.45, 7) is 4.60. The van der Waals surface area contributed by atoms with E-state index in [4.69, 9.17) is 4.74 Å². The van der Waals surface area contributed by atoms with E-state index >= 15 is 0 Å². The molecule has 0 unspecified atom stereocenters. The van der Waals surface area contributed by atoms with Crippen molar-refractivity contribution in [1.29, 1.82) is 0 Å². The molecule has 1 fully saturated rings. The van der Waals surface area contributed by atoms with Crippen LogP contribution in [-0.4, -0.2) is 12.4 Å². The molecule has 2 nitrogen and oxygen atoms in total. The number of rotatable bonds is 5. The Morgan fingerprint density at radius 1 is 1.28 bits per heavy atom. The number of carbonyl (C=O) groups is 1. The van der Waals surface area contributed by atoms with Gasteiger partial charge in [-0.25, -0.2) is 0 Å². The Hall–Kier alpha value is -1.31. The number of ether oxygens (including phenoxy) is 1. The summed E-state index contributed by atoms with van der Waals surface area (Å²) in [5.74, 6) is 1.61. The normalized spacial score (nSPS) is 15.9. The van der Waals surface area contributed by atoms with E-state index in [0.717, 1.165) is 24.2 Å². The van der Waals surface area contributed by atoms with Gasteiger partial charge in [0.2, 0.25) is 0 Å². The second-order valence-corrected chi connectivity index (χ2v) is 5.32. The van der Waals surface area contributed by atoms with Crippen molar-refractivity contribution < 1.29 is 9.53 Å². The minimum atomic E-state index is 0.312. The number of carbonyl (C=O) groups excluding carboxylic acids is 1. The SMILES string of the molecule is Cc1ccc(C)c(OCCC(=O)C2CCCC2)c1. The van der Waals surface area contributed by atoms with Gasteiger partial charge in [-0.1, -0.05) is 25.0 Å². The fourth-order valence-electron chi connectivity index (χ4n) is 2.58. The molecule has 1 saturated carbocycles. The highest BCUT2D eigenvalue weighted by Gasteiger charge is 2.22. The van der Waals surface area contributed by atoms with Gasteiger partial charge in [0.25, 0.3) is 0 Å². The van der Waals surface area contributed by atoms with Gasteiger partial charge < -0.3 is 4.74 Å². The molecule has 2 rings (SSSR count). The molecule has 0 saturated heterocycles. The predicted octanol–water partition coefficient (Wildman–Crippen LogP) is 3.83. The molecule has 0 N–H and O–H groups in total. The third kappa shape index (κ3) is 3.34. The molecule has 0 bridgehead atoms. The highest BCUT2D eigenvalue weighted by molar-refractivity contribution is 5.81. The molecule has 0 aromatic heterocycles. The number of benzene rings is 1. The molecule has 1 aliphatic rings. The summed E-state index contributed by atoms with van der Waals surface area (Å²) >= 11 is 0. The van der Waals surface area contributed by atoms with E-state index in [9.17, 15) is 4.79 Å². The number of hydrogen-bond acceptors (Lipinski definition) is 2. The first kappa shape index (κ1) is 13.1. The standard InChI is InChI=1S/C16H22O2/c1-12-7-8-13(2)16(11-12)18-10-9-15(17)14-5-3-4-6-14/h7-8,11,14H,3-6,9-10H2,1-2H3. The van der Waals surface area contributed by atoms with E-state index in [2.05, 4.69) is 19.1 Å². The third-order valence-electron chi connectivity index (χ3n) is 3.76. The lowest BCUT2D eigenvalue weighted by Crippen LogP contribution is -2.14. The predicted molar refractivity (Wildman–Crippen MR) is 73.0 cm³/mol. The van der Waals surface area contributed by atoms with Crippen molar-refractivity contribution in [2.75, 3.05) is 6.61 Å². The Balaban J connectivity index is 1.81. The lowest BCUT2D eigenvalue weighted by molar-refractivity contribution is -0.123. The first-order chi connectivity index (χ1) is 8.66. The molecule has 0 atom stereocenters. The smallest absolute Gasteiger partial charge is 0.139 e. The Bertz CT molecular complexity index is 417. The van der Waals surface area contributed by atoms with Crippen LogP contribution in [-0.2, 0) is 4.79 Å². The van der Waals surface area contributed by atoms with Crippen molar-refractivity contribution >= 4 is 5.78 Å². The summed E-state index contributed by atoms with van der Waals surface area (Å²) in [7, 11) is 0. The van der Waals surface area contributed by atoms with Crippen LogP contribution in [0.3, 0.4) is 0 Å². The van der Waals surface area contributed by atoms with Gasteiger partial charge in [-0.05, 0) is 43.9 Å². The fourth-order valence-corrected chi connectivity index (χ4v) is 2.58. The van der Waals surface area contributed by atoms with Gasteiger partial charge in [-0.2, -0.15) is 0 Å². The van der Waals surface area contributed by atoms with E-state index in [1.807, 2.05) is 13.0 Å². The average Bonchev–Trinajstić information content (AvgIpc) is 2.87. The van der Waals surface area contributed by atoms with Crippen LogP contribution in [0.5, 0.6) is 5.75 Å². The van der Waals surface area contributed by atoms with Crippen LogP contribution in [0.25, 0.3) is 0 Å². The summed E-state index contributed by atoms with van der Waals surface area (Å²) in [5, 5.41) is 0. The van der Waals surface area contributed by atoms with Crippen LogP contribution in [0.1, 0.15) is 43.2 Å². The summed E-state index contributed by atoms with van der Waals surface area (Å²) in [6.07, 6.45) is 5.16.